The molecule has 8 aromatic rings. The molecule has 0 bridgehead atoms. The Morgan fingerprint density at radius 1 is 0.395 bits per heavy atom. The predicted molar refractivity (Wildman–Crippen MR) is 180 cm³/mol. The van der Waals surface area contributed by atoms with Crippen molar-refractivity contribution in [3.05, 3.63) is 152 Å². The van der Waals surface area contributed by atoms with Gasteiger partial charge in [-0.1, -0.05) is 127 Å². The standard InChI is InChI=1S/C39H25N3S/c1-4-11-27(12-5-1)35-25-36(28-13-6-2-7-14-28)41-38(40-35)32-18-10-17-30(23-32)31-20-19-26-21-22-34-37(33(26)24-31)43-39(42-34)29-15-8-3-9-16-29/h1-25H. The highest BCUT2D eigenvalue weighted by atomic mass is 32.1. The minimum absolute atomic E-state index is 0.709. The molecule has 0 radical (unpaired) electrons. The highest BCUT2D eigenvalue weighted by Crippen LogP contribution is 2.37. The fourth-order valence-electron chi connectivity index (χ4n) is 5.52. The van der Waals surface area contributed by atoms with Crippen molar-refractivity contribution < 1.29 is 0 Å². The van der Waals surface area contributed by atoms with Gasteiger partial charge in [0, 0.05) is 27.6 Å². The minimum Gasteiger partial charge on any atom is -0.236 e. The molecule has 0 aliphatic heterocycles. The Kier molecular flexibility index (Phi) is 6.32. The van der Waals surface area contributed by atoms with Crippen LogP contribution in [-0.4, -0.2) is 15.0 Å². The molecule has 0 fully saturated rings. The summed E-state index contributed by atoms with van der Waals surface area (Å²) < 4.78 is 1.21. The number of fused-ring (bicyclic) bond motifs is 3. The number of aromatic nitrogens is 3. The zero-order valence-electron chi connectivity index (χ0n) is 23.2. The van der Waals surface area contributed by atoms with E-state index in [1.165, 1.54) is 15.5 Å². The van der Waals surface area contributed by atoms with Crippen LogP contribution in [0.25, 0.3) is 76.6 Å². The van der Waals surface area contributed by atoms with Crippen molar-refractivity contribution in [2.24, 2.45) is 0 Å². The Morgan fingerprint density at radius 3 is 1.63 bits per heavy atom. The van der Waals surface area contributed by atoms with Crippen molar-refractivity contribution in [1.29, 1.82) is 0 Å². The maximum absolute atomic E-state index is 5.04. The van der Waals surface area contributed by atoms with E-state index >= 15 is 0 Å². The second-order valence-corrected chi connectivity index (χ2v) is 11.5. The van der Waals surface area contributed by atoms with Gasteiger partial charge in [0.25, 0.3) is 0 Å². The molecule has 2 heterocycles. The van der Waals surface area contributed by atoms with Gasteiger partial charge in [0.1, 0.15) is 5.01 Å². The van der Waals surface area contributed by atoms with Crippen LogP contribution in [0.4, 0.5) is 0 Å². The first kappa shape index (κ1) is 25.3. The van der Waals surface area contributed by atoms with E-state index in [-0.39, 0.29) is 0 Å². The number of rotatable bonds is 5. The van der Waals surface area contributed by atoms with Crippen LogP contribution in [0.15, 0.2) is 152 Å². The van der Waals surface area contributed by atoms with Crippen molar-refractivity contribution >= 4 is 32.3 Å². The molecule has 6 aromatic carbocycles. The van der Waals surface area contributed by atoms with E-state index in [0.29, 0.717) is 5.82 Å². The monoisotopic (exact) mass is 567 g/mol. The average Bonchev–Trinajstić information content (AvgIpc) is 3.54. The first-order valence-corrected chi connectivity index (χ1v) is 15.1. The van der Waals surface area contributed by atoms with Crippen molar-refractivity contribution in [2.45, 2.75) is 0 Å². The molecule has 0 atom stereocenters. The normalized spacial score (nSPS) is 11.3. The maximum Gasteiger partial charge on any atom is 0.160 e. The summed E-state index contributed by atoms with van der Waals surface area (Å²) in [6, 6.07) is 52.6. The van der Waals surface area contributed by atoms with Crippen LogP contribution in [0, 0.1) is 0 Å². The molecule has 4 heteroatoms. The lowest BCUT2D eigenvalue weighted by Crippen LogP contribution is -1.96. The largest absolute Gasteiger partial charge is 0.236 e. The fourth-order valence-corrected chi connectivity index (χ4v) is 6.61. The number of benzene rings is 6. The van der Waals surface area contributed by atoms with E-state index in [4.69, 9.17) is 15.0 Å². The summed E-state index contributed by atoms with van der Waals surface area (Å²) in [5, 5.41) is 3.47. The van der Waals surface area contributed by atoms with Crippen LogP contribution < -0.4 is 0 Å². The molecule has 8 rings (SSSR count). The molecule has 0 unspecified atom stereocenters. The molecule has 3 nitrogen and oxygen atoms in total. The molecule has 0 saturated heterocycles. The highest BCUT2D eigenvalue weighted by Gasteiger charge is 2.13. The van der Waals surface area contributed by atoms with E-state index in [2.05, 4.69) is 109 Å². The summed E-state index contributed by atoms with van der Waals surface area (Å²) in [7, 11) is 0. The number of hydrogen-bond donors (Lipinski definition) is 0. The third-order valence-corrected chi connectivity index (χ3v) is 8.87. The van der Waals surface area contributed by atoms with Gasteiger partial charge in [-0.05, 0) is 40.8 Å². The average molecular weight is 568 g/mol. The zero-order valence-corrected chi connectivity index (χ0v) is 24.0. The maximum atomic E-state index is 5.04. The summed E-state index contributed by atoms with van der Waals surface area (Å²) in [4.78, 5) is 15.0. The Morgan fingerprint density at radius 2 is 0.953 bits per heavy atom. The summed E-state index contributed by atoms with van der Waals surface area (Å²) in [5.74, 6) is 0.709. The zero-order chi connectivity index (χ0) is 28.6. The summed E-state index contributed by atoms with van der Waals surface area (Å²) in [6.45, 7) is 0. The van der Waals surface area contributed by atoms with E-state index in [1.807, 2.05) is 42.5 Å². The van der Waals surface area contributed by atoms with Crippen molar-refractivity contribution in [2.75, 3.05) is 0 Å². The van der Waals surface area contributed by atoms with Gasteiger partial charge in [0.05, 0.1) is 21.6 Å². The topological polar surface area (TPSA) is 38.7 Å². The predicted octanol–water partition coefficient (Wildman–Crippen LogP) is 10.6. The van der Waals surface area contributed by atoms with Crippen molar-refractivity contribution in [3.8, 4) is 55.6 Å². The van der Waals surface area contributed by atoms with Gasteiger partial charge >= 0.3 is 0 Å². The first-order valence-electron chi connectivity index (χ1n) is 14.3. The third kappa shape index (κ3) is 4.88. The van der Waals surface area contributed by atoms with Crippen LogP contribution in [0.1, 0.15) is 0 Å². The lowest BCUT2D eigenvalue weighted by molar-refractivity contribution is 1.18. The SMILES string of the molecule is c1ccc(-c2cc(-c3ccccc3)nc(-c3cccc(-c4ccc5ccc6nc(-c7ccccc7)sc6c5c4)c3)n2)cc1. The van der Waals surface area contributed by atoms with Crippen molar-refractivity contribution in [1.82, 2.24) is 15.0 Å². The molecule has 0 spiro atoms. The van der Waals surface area contributed by atoms with Crippen LogP contribution in [-0.2, 0) is 0 Å². The second-order valence-electron chi connectivity index (χ2n) is 10.5. The molecular weight excluding hydrogens is 543 g/mol. The third-order valence-electron chi connectivity index (χ3n) is 7.71. The van der Waals surface area contributed by atoms with Crippen LogP contribution >= 0.6 is 11.3 Å². The van der Waals surface area contributed by atoms with Crippen LogP contribution in [0.3, 0.4) is 0 Å². The Balaban J connectivity index is 1.24. The van der Waals surface area contributed by atoms with Gasteiger partial charge in [0.2, 0.25) is 0 Å². The Hall–Kier alpha value is -5.45. The van der Waals surface area contributed by atoms with E-state index in [1.54, 1.807) is 11.3 Å². The fraction of sp³-hybridized carbons (Fsp3) is 0. The van der Waals surface area contributed by atoms with Gasteiger partial charge in [0.15, 0.2) is 5.82 Å². The van der Waals surface area contributed by atoms with E-state index in [0.717, 1.165) is 55.3 Å². The van der Waals surface area contributed by atoms with Gasteiger partial charge in [-0.15, -0.1) is 11.3 Å². The lowest BCUT2D eigenvalue weighted by Gasteiger charge is -2.11. The first-order chi connectivity index (χ1) is 21.3. The van der Waals surface area contributed by atoms with E-state index in [9.17, 15) is 0 Å². The van der Waals surface area contributed by atoms with Gasteiger partial charge in [-0.2, -0.15) is 0 Å². The van der Waals surface area contributed by atoms with Crippen LogP contribution in [0.5, 0.6) is 0 Å². The summed E-state index contributed by atoms with van der Waals surface area (Å²) in [6.07, 6.45) is 0. The minimum atomic E-state index is 0.709. The molecule has 0 aliphatic rings. The molecule has 43 heavy (non-hydrogen) atoms. The van der Waals surface area contributed by atoms with Crippen molar-refractivity contribution in [3.63, 3.8) is 0 Å². The van der Waals surface area contributed by atoms with Gasteiger partial charge < -0.3 is 0 Å². The molecule has 202 valence electrons. The molecule has 0 N–H and O–H groups in total. The molecule has 0 amide bonds. The number of nitrogens with zero attached hydrogens (tertiary/aromatic N) is 3. The molecule has 0 saturated carbocycles. The molecular formula is C39H25N3S. The molecule has 2 aromatic heterocycles. The van der Waals surface area contributed by atoms with E-state index < -0.39 is 0 Å². The van der Waals surface area contributed by atoms with Crippen LogP contribution in [0.2, 0.25) is 0 Å². The number of thiazole rings is 1. The Bertz CT molecular complexity index is 2170. The summed E-state index contributed by atoms with van der Waals surface area (Å²) >= 11 is 1.75. The lowest BCUT2D eigenvalue weighted by atomic mass is 9.99. The quantitative estimate of drug-likeness (QED) is 0.208. The number of hydrogen-bond acceptors (Lipinski definition) is 4. The molecule has 0 aliphatic carbocycles. The smallest absolute Gasteiger partial charge is 0.160 e. The summed E-state index contributed by atoms with van der Waals surface area (Å²) in [5.41, 5.74) is 9.38. The van der Waals surface area contributed by atoms with Gasteiger partial charge in [-0.3, -0.25) is 0 Å². The second kappa shape index (κ2) is 10.8. The van der Waals surface area contributed by atoms with Gasteiger partial charge in [-0.25, -0.2) is 15.0 Å². The highest BCUT2D eigenvalue weighted by molar-refractivity contribution is 7.22. The Labute approximate surface area is 253 Å².